The van der Waals surface area contributed by atoms with Gasteiger partial charge in [-0.1, -0.05) is 25.1 Å². The summed E-state index contributed by atoms with van der Waals surface area (Å²) in [6.07, 6.45) is 16.6. The van der Waals surface area contributed by atoms with Crippen molar-refractivity contribution in [2.24, 2.45) is 39.7 Å². The maximum atomic E-state index is 12.2. The van der Waals surface area contributed by atoms with Gasteiger partial charge in [-0.3, -0.25) is 0 Å². The predicted molar refractivity (Wildman–Crippen MR) is 129 cm³/mol. The number of aliphatic hydroxyl groups excluding tert-OH is 1. The summed E-state index contributed by atoms with van der Waals surface area (Å²) >= 11 is 0. The molecule has 2 N–H and O–H groups in total. The van der Waals surface area contributed by atoms with Gasteiger partial charge in [0.25, 0.3) is 0 Å². The zero-order valence-corrected chi connectivity index (χ0v) is 20.8. The smallest absolute Gasteiger partial charge is 0.118 e. The van der Waals surface area contributed by atoms with Crippen LogP contribution in [0.1, 0.15) is 78.1 Å². The van der Waals surface area contributed by atoms with Gasteiger partial charge in [-0.15, -0.1) is 0 Å². The first kappa shape index (κ1) is 24.2. The van der Waals surface area contributed by atoms with Crippen LogP contribution in [0.2, 0.25) is 0 Å². The van der Waals surface area contributed by atoms with Crippen LogP contribution in [0.5, 0.6) is 0 Å². The van der Waals surface area contributed by atoms with Crippen LogP contribution in [0, 0.1) is 34.5 Å². The first-order valence-electron chi connectivity index (χ1n) is 13.1. The lowest BCUT2D eigenvalue weighted by atomic mass is 9.43. The van der Waals surface area contributed by atoms with E-state index in [1.165, 1.54) is 12.8 Å². The highest BCUT2D eigenvalue weighted by molar-refractivity contribution is 5.70. The fraction of sp³-hybridized carbons (Fsp3) is 0.889. The molecule has 0 aromatic rings. The molecule has 0 radical (unpaired) electrons. The van der Waals surface area contributed by atoms with Crippen LogP contribution in [0.25, 0.3) is 0 Å². The van der Waals surface area contributed by atoms with E-state index in [0.29, 0.717) is 35.7 Å². The van der Waals surface area contributed by atoms with Crippen LogP contribution in [0.3, 0.4) is 0 Å². The van der Waals surface area contributed by atoms with Crippen molar-refractivity contribution >= 4 is 6.21 Å². The Morgan fingerprint density at radius 3 is 2.62 bits per heavy atom. The van der Waals surface area contributed by atoms with Crippen molar-refractivity contribution in [2.45, 2.75) is 89.8 Å². The van der Waals surface area contributed by atoms with Crippen molar-refractivity contribution in [3.63, 3.8) is 0 Å². The lowest BCUT2D eigenvalue weighted by Crippen LogP contribution is -2.62. The lowest BCUT2D eigenvalue weighted by molar-refractivity contribution is -0.207. The van der Waals surface area contributed by atoms with Gasteiger partial charge in [-0.2, -0.15) is 0 Å². The van der Waals surface area contributed by atoms with Crippen LogP contribution in [0.15, 0.2) is 17.3 Å². The van der Waals surface area contributed by atoms with Crippen molar-refractivity contribution in [2.75, 3.05) is 27.2 Å². The van der Waals surface area contributed by atoms with Gasteiger partial charge in [0.05, 0.1) is 17.9 Å². The van der Waals surface area contributed by atoms with E-state index in [-0.39, 0.29) is 11.5 Å². The molecule has 0 aromatic heterocycles. The third-order valence-electron chi connectivity index (χ3n) is 10.3. The number of hydrogen-bond acceptors (Lipinski definition) is 5. The van der Waals surface area contributed by atoms with Gasteiger partial charge in [0.1, 0.15) is 6.61 Å². The van der Waals surface area contributed by atoms with Crippen LogP contribution in [0.4, 0.5) is 0 Å². The van der Waals surface area contributed by atoms with E-state index in [9.17, 15) is 10.2 Å². The predicted octanol–water partition coefficient (Wildman–Crippen LogP) is 4.63. The van der Waals surface area contributed by atoms with E-state index >= 15 is 0 Å². The fourth-order valence-electron chi connectivity index (χ4n) is 8.31. The van der Waals surface area contributed by atoms with E-state index in [4.69, 9.17) is 4.84 Å². The SMILES string of the molecule is CN(C)CCCO/N=C/C=C/[C@H]1CC[C@]2(O)[C@@H]3CC[C@@H]4C[C@@H](O)CC[C@]4(C)[C@H]3CC[C@]12C. The molecule has 5 heteroatoms. The summed E-state index contributed by atoms with van der Waals surface area (Å²) in [5.41, 5.74) is -0.318. The summed E-state index contributed by atoms with van der Waals surface area (Å²) in [5.74, 6) is 2.04. The summed E-state index contributed by atoms with van der Waals surface area (Å²) < 4.78 is 0. The molecule has 0 spiro atoms. The Labute approximate surface area is 195 Å². The Bertz CT molecular complexity index is 709. The van der Waals surface area contributed by atoms with Gasteiger partial charge in [0, 0.05) is 12.0 Å². The topological polar surface area (TPSA) is 65.3 Å². The number of hydrogen-bond donors (Lipinski definition) is 2. The average Bonchev–Trinajstić information content (AvgIpc) is 3.01. The Hall–Kier alpha value is -0.910. The van der Waals surface area contributed by atoms with Gasteiger partial charge in [-0.25, -0.2) is 0 Å². The number of nitrogens with zero attached hydrogens (tertiary/aromatic N) is 2. The molecule has 0 saturated heterocycles. The molecule has 0 bridgehead atoms. The lowest BCUT2D eigenvalue weighted by Gasteiger charge is -2.63. The summed E-state index contributed by atoms with van der Waals surface area (Å²) in [7, 11) is 4.13. The fourth-order valence-corrected chi connectivity index (χ4v) is 8.31. The summed E-state index contributed by atoms with van der Waals surface area (Å²) in [6, 6.07) is 0. The minimum Gasteiger partial charge on any atom is -0.396 e. The second-order valence-electron chi connectivity index (χ2n) is 12.1. The first-order chi connectivity index (χ1) is 15.2. The van der Waals surface area contributed by atoms with Crippen molar-refractivity contribution in [3.8, 4) is 0 Å². The van der Waals surface area contributed by atoms with Gasteiger partial charge < -0.3 is 20.0 Å². The van der Waals surface area contributed by atoms with Crippen molar-refractivity contribution in [1.29, 1.82) is 0 Å². The molecule has 0 amide bonds. The maximum Gasteiger partial charge on any atom is 0.118 e. The number of fused-ring (bicyclic) bond motifs is 5. The number of allylic oxidation sites excluding steroid dienone is 2. The van der Waals surface area contributed by atoms with E-state index in [1.807, 2.05) is 6.08 Å². The molecule has 4 aliphatic rings. The molecule has 0 heterocycles. The Kier molecular flexibility index (Phi) is 7.10. The molecule has 0 unspecified atom stereocenters. The van der Waals surface area contributed by atoms with E-state index in [1.54, 1.807) is 6.21 Å². The van der Waals surface area contributed by atoms with Gasteiger partial charge >= 0.3 is 0 Å². The molecule has 0 aliphatic heterocycles. The maximum absolute atomic E-state index is 12.2. The minimum absolute atomic E-state index is 0.0531. The molecule has 4 rings (SSSR count). The van der Waals surface area contributed by atoms with E-state index in [0.717, 1.165) is 57.9 Å². The monoisotopic (exact) mass is 446 g/mol. The molecule has 5 nitrogen and oxygen atoms in total. The number of aliphatic hydroxyl groups is 2. The van der Waals surface area contributed by atoms with Crippen LogP contribution in [-0.4, -0.2) is 60.3 Å². The Balaban J connectivity index is 1.39. The minimum atomic E-state index is -0.561. The molecular weight excluding hydrogens is 400 g/mol. The first-order valence-corrected chi connectivity index (χ1v) is 13.1. The summed E-state index contributed by atoms with van der Waals surface area (Å²) in [5, 5.41) is 26.5. The molecule has 4 saturated carbocycles. The largest absolute Gasteiger partial charge is 0.396 e. The second kappa shape index (κ2) is 9.38. The van der Waals surface area contributed by atoms with Crippen molar-refractivity contribution < 1.29 is 15.1 Å². The zero-order valence-electron chi connectivity index (χ0n) is 20.8. The summed E-state index contributed by atoms with van der Waals surface area (Å²) in [4.78, 5) is 7.51. The van der Waals surface area contributed by atoms with Crippen LogP contribution in [-0.2, 0) is 4.84 Å². The summed E-state index contributed by atoms with van der Waals surface area (Å²) in [6.45, 7) is 6.48. The molecule has 32 heavy (non-hydrogen) atoms. The van der Waals surface area contributed by atoms with Gasteiger partial charge in [-0.05, 0) is 113 Å². The third kappa shape index (κ3) is 4.18. The molecule has 4 aliphatic carbocycles. The van der Waals surface area contributed by atoms with Gasteiger partial charge in [0.15, 0.2) is 0 Å². The van der Waals surface area contributed by atoms with E-state index in [2.05, 4.69) is 44.1 Å². The molecule has 0 aromatic carbocycles. The molecule has 182 valence electrons. The highest BCUT2D eigenvalue weighted by Gasteiger charge is 2.66. The van der Waals surface area contributed by atoms with Crippen molar-refractivity contribution in [1.82, 2.24) is 4.90 Å². The zero-order chi connectivity index (χ0) is 23.0. The Morgan fingerprint density at radius 1 is 1.03 bits per heavy atom. The van der Waals surface area contributed by atoms with Gasteiger partial charge in [0.2, 0.25) is 0 Å². The van der Waals surface area contributed by atoms with E-state index < -0.39 is 5.60 Å². The number of oxime groups is 1. The molecule has 8 atom stereocenters. The standard InChI is InChI=1S/C27H46N2O3/c1-25-13-11-22(30)19-21(25)8-9-24-23(25)12-14-26(2)20(10-15-27(24,26)31)7-5-16-28-32-18-6-17-29(3)4/h5,7,16,20-24,30-31H,6,8-15,17-19H2,1-4H3/b7-5+,28-16+/t20-,21+,22-,23-,24+,25-,26+,27-/m0/s1. The second-order valence-corrected chi connectivity index (χ2v) is 12.1. The molecule has 4 fully saturated rings. The third-order valence-corrected chi connectivity index (χ3v) is 10.3. The number of rotatable bonds is 7. The highest BCUT2D eigenvalue weighted by atomic mass is 16.6. The van der Waals surface area contributed by atoms with Crippen LogP contribution >= 0.6 is 0 Å². The van der Waals surface area contributed by atoms with Crippen LogP contribution < -0.4 is 0 Å². The van der Waals surface area contributed by atoms with Crippen molar-refractivity contribution in [3.05, 3.63) is 12.2 Å². The normalized spacial score (nSPS) is 46.4. The highest BCUT2D eigenvalue weighted by Crippen LogP contribution is 2.69. The molecular formula is C27H46N2O3. The Morgan fingerprint density at radius 2 is 1.84 bits per heavy atom. The average molecular weight is 447 g/mol. The quantitative estimate of drug-likeness (QED) is 0.340.